The van der Waals surface area contributed by atoms with Crippen LogP contribution in [0.5, 0.6) is 5.75 Å². The number of methoxy groups -OCH3 is 1. The predicted molar refractivity (Wildman–Crippen MR) is 133 cm³/mol. The molecule has 182 valence electrons. The normalized spacial score (nSPS) is 20.1. The largest absolute Gasteiger partial charge is 0.497 e. The number of nitrogens with zero attached hydrogens (tertiary/aromatic N) is 1. The number of anilines is 1. The van der Waals surface area contributed by atoms with Crippen LogP contribution < -0.4 is 15.8 Å². The Balaban J connectivity index is 1.66. The van der Waals surface area contributed by atoms with Crippen LogP contribution in [-0.2, 0) is 22.4 Å². The summed E-state index contributed by atoms with van der Waals surface area (Å²) in [6, 6.07) is 7.21. The zero-order chi connectivity index (χ0) is 24.2. The van der Waals surface area contributed by atoms with Gasteiger partial charge in [-0.25, -0.2) is 0 Å². The number of ether oxygens (including phenoxy) is 1. The highest BCUT2D eigenvalue weighted by Gasteiger charge is 2.41. The molecule has 0 spiro atoms. The number of aryl methyl sites for hydroxylation is 1. The van der Waals surface area contributed by atoms with Crippen LogP contribution in [0, 0.1) is 5.92 Å². The fourth-order valence-corrected chi connectivity index (χ4v) is 6.45. The Kier molecular flexibility index (Phi) is 7.56. The summed E-state index contributed by atoms with van der Waals surface area (Å²) in [6.07, 6.45) is 6.45. The molecule has 3 amide bonds. The highest BCUT2D eigenvalue weighted by Crippen LogP contribution is 2.41. The number of rotatable bonds is 8. The summed E-state index contributed by atoms with van der Waals surface area (Å²) in [5.41, 5.74) is 8.09. The minimum Gasteiger partial charge on any atom is -0.497 e. The van der Waals surface area contributed by atoms with Gasteiger partial charge in [0.05, 0.1) is 24.6 Å². The van der Waals surface area contributed by atoms with E-state index < -0.39 is 11.8 Å². The van der Waals surface area contributed by atoms with Gasteiger partial charge in [-0.1, -0.05) is 25.5 Å². The molecule has 2 aromatic rings. The van der Waals surface area contributed by atoms with Gasteiger partial charge in [-0.3, -0.25) is 14.4 Å². The SMILES string of the molecule is CCCCN1C(=O)CCC(C(=O)Nc2sc3c(c2C(N)=O)CCCC3)C1c1ccc(OC)cc1. The number of amides is 3. The molecule has 34 heavy (non-hydrogen) atoms. The second kappa shape index (κ2) is 10.6. The first-order valence-corrected chi connectivity index (χ1v) is 12.9. The minimum absolute atomic E-state index is 0.0720. The van der Waals surface area contributed by atoms with Crippen molar-refractivity contribution >= 4 is 34.1 Å². The van der Waals surface area contributed by atoms with Gasteiger partial charge in [0.15, 0.2) is 0 Å². The predicted octanol–water partition coefficient (Wildman–Crippen LogP) is 4.45. The molecule has 4 rings (SSSR count). The van der Waals surface area contributed by atoms with Crippen LogP contribution in [0.4, 0.5) is 5.00 Å². The van der Waals surface area contributed by atoms with E-state index in [0.29, 0.717) is 30.0 Å². The van der Waals surface area contributed by atoms with Gasteiger partial charge in [-0.2, -0.15) is 0 Å². The maximum absolute atomic E-state index is 13.7. The molecule has 3 N–H and O–H groups in total. The third-order valence-corrected chi connectivity index (χ3v) is 8.11. The summed E-state index contributed by atoms with van der Waals surface area (Å²) in [4.78, 5) is 41.9. The Morgan fingerprint density at radius 3 is 2.59 bits per heavy atom. The molecule has 1 saturated heterocycles. The third kappa shape index (κ3) is 4.82. The molecule has 8 heteroatoms. The van der Waals surface area contributed by atoms with Crippen molar-refractivity contribution in [2.45, 2.75) is 64.3 Å². The van der Waals surface area contributed by atoms with Crippen molar-refractivity contribution in [3.63, 3.8) is 0 Å². The summed E-state index contributed by atoms with van der Waals surface area (Å²) in [7, 11) is 1.61. The van der Waals surface area contributed by atoms with Crippen molar-refractivity contribution in [3.05, 3.63) is 45.8 Å². The van der Waals surface area contributed by atoms with E-state index in [0.717, 1.165) is 60.3 Å². The van der Waals surface area contributed by atoms with E-state index in [1.54, 1.807) is 7.11 Å². The number of thiophene rings is 1. The topological polar surface area (TPSA) is 102 Å². The molecule has 7 nitrogen and oxygen atoms in total. The van der Waals surface area contributed by atoms with Gasteiger partial charge in [0.2, 0.25) is 11.8 Å². The summed E-state index contributed by atoms with van der Waals surface area (Å²) < 4.78 is 5.30. The molecule has 0 radical (unpaired) electrons. The number of hydrogen-bond donors (Lipinski definition) is 2. The highest BCUT2D eigenvalue weighted by atomic mass is 32.1. The Morgan fingerprint density at radius 1 is 1.18 bits per heavy atom. The number of primary amides is 1. The van der Waals surface area contributed by atoms with Gasteiger partial charge in [0, 0.05) is 17.8 Å². The average molecular weight is 484 g/mol. The van der Waals surface area contributed by atoms with E-state index in [1.807, 2.05) is 29.2 Å². The zero-order valence-electron chi connectivity index (χ0n) is 19.9. The fourth-order valence-electron chi connectivity index (χ4n) is 5.15. The second-order valence-corrected chi connectivity index (χ2v) is 10.2. The van der Waals surface area contributed by atoms with Gasteiger partial charge < -0.3 is 20.7 Å². The molecule has 1 aliphatic heterocycles. The molecular formula is C26H33N3O4S. The van der Waals surface area contributed by atoms with Crippen LogP contribution in [0.15, 0.2) is 24.3 Å². The van der Waals surface area contributed by atoms with E-state index >= 15 is 0 Å². The van der Waals surface area contributed by atoms with Crippen molar-refractivity contribution in [2.75, 3.05) is 19.0 Å². The summed E-state index contributed by atoms with van der Waals surface area (Å²) in [6.45, 7) is 2.70. The summed E-state index contributed by atoms with van der Waals surface area (Å²) >= 11 is 1.47. The molecule has 1 aromatic heterocycles. The molecular weight excluding hydrogens is 450 g/mol. The first-order chi connectivity index (χ1) is 16.4. The van der Waals surface area contributed by atoms with Gasteiger partial charge >= 0.3 is 0 Å². The quantitative estimate of drug-likeness (QED) is 0.579. The lowest BCUT2D eigenvalue weighted by Gasteiger charge is -2.41. The van der Waals surface area contributed by atoms with Crippen molar-refractivity contribution in [1.82, 2.24) is 4.90 Å². The molecule has 0 bridgehead atoms. The van der Waals surface area contributed by atoms with Crippen molar-refractivity contribution < 1.29 is 19.1 Å². The van der Waals surface area contributed by atoms with Crippen LogP contribution in [0.3, 0.4) is 0 Å². The number of piperidine rings is 1. The number of benzene rings is 1. The maximum Gasteiger partial charge on any atom is 0.251 e. The number of likely N-dealkylation sites (tertiary alicyclic amines) is 1. The van der Waals surface area contributed by atoms with Crippen molar-refractivity contribution in [1.29, 1.82) is 0 Å². The molecule has 1 aliphatic carbocycles. The third-order valence-electron chi connectivity index (χ3n) is 6.91. The molecule has 2 unspecified atom stereocenters. The minimum atomic E-state index is -0.496. The first-order valence-electron chi connectivity index (χ1n) is 12.1. The van der Waals surface area contributed by atoms with Crippen LogP contribution >= 0.6 is 11.3 Å². The second-order valence-electron chi connectivity index (χ2n) is 9.07. The summed E-state index contributed by atoms with van der Waals surface area (Å²) in [5, 5.41) is 3.60. The number of nitrogens with two attached hydrogens (primary N) is 1. The molecule has 1 aromatic carbocycles. The van der Waals surface area contributed by atoms with Crippen molar-refractivity contribution in [2.24, 2.45) is 11.7 Å². The van der Waals surface area contributed by atoms with E-state index in [-0.39, 0.29) is 17.9 Å². The van der Waals surface area contributed by atoms with E-state index in [9.17, 15) is 14.4 Å². The molecule has 2 atom stereocenters. The van der Waals surface area contributed by atoms with Gasteiger partial charge in [0.25, 0.3) is 5.91 Å². The molecule has 1 fully saturated rings. The Labute approximate surface area is 204 Å². The highest BCUT2D eigenvalue weighted by molar-refractivity contribution is 7.17. The lowest BCUT2D eigenvalue weighted by molar-refractivity contribution is -0.142. The Hall–Kier alpha value is -2.87. The lowest BCUT2D eigenvalue weighted by atomic mass is 9.83. The number of unbranched alkanes of at least 4 members (excludes halogenated alkanes) is 1. The fraction of sp³-hybridized carbons (Fsp3) is 0.500. The van der Waals surface area contributed by atoms with Crippen LogP contribution in [0.25, 0.3) is 0 Å². The lowest BCUT2D eigenvalue weighted by Crippen LogP contribution is -2.47. The molecule has 0 saturated carbocycles. The Bertz CT molecular complexity index is 1060. The number of carbonyl (C=O) groups excluding carboxylic acids is 3. The summed E-state index contributed by atoms with van der Waals surface area (Å²) in [5.74, 6) is -0.298. The van der Waals surface area contributed by atoms with Crippen LogP contribution in [-0.4, -0.2) is 36.3 Å². The number of carbonyl (C=O) groups is 3. The zero-order valence-corrected chi connectivity index (χ0v) is 20.7. The van der Waals surface area contributed by atoms with Gasteiger partial charge in [-0.05, 0) is 61.8 Å². The number of hydrogen-bond acceptors (Lipinski definition) is 5. The standard InChI is InChI=1S/C26H33N3O4S/c1-3-4-15-29-21(30)14-13-19(23(29)16-9-11-17(33-2)12-10-16)25(32)28-26-22(24(27)31)18-7-5-6-8-20(18)34-26/h9-12,19,23H,3-8,13-15H2,1-2H3,(H2,27,31)(H,28,32). The van der Waals surface area contributed by atoms with Crippen molar-refractivity contribution in [3.8, 4) is 5.75 Å². The van der Waals surface area contributed by atoms with Gasteiger partial charge in [0.1, 0.15) is 10.8 Å². The molecule has 2 heterocycles. The average Bonchev–Trinajstić information content (AvgIpc) is 3.21. The smallest absolute Gasteiger partial charge is 0.251 e. The van der Waals surface area contributed by atoms with E-state index in [1.165, 1.54) is 11.3 Å². The maximum atomic E-state index is 13.7. The van der Waals surface area contributed by atoms with Crippen LogP contribution in [0.2, 0.25) is 0 Å². The van der Waals surface area contributed by atoms with E-state index in [4.69, 9.17) is 10.5 Å². The number of fused-ring (bicyclic) bond motifs is 1. The molecule has 2 aliphatic rings. The number of nitrogens with one attached hydrogen (secondary N) is 1. The van der Waals surface area contributed by atoms with Gasteiger partial charge in [-0.15, -0.1) is 11.3 Å². The van der Waals surface area contributed by atoms with E-state index in [2.05, 4.69) is 12.2 Å². The first kappa shape index (κ1) is 24.3. The Morgan fingerprint density at radius 2 is 1.91 bits per heavy atom. The van der Waals surface area contributed by atoms with Crippen LogP contribution in [0.1, 0.15) is 77.9 Å². The monoisotopic (exact) mass is 483 g/mol.